The lowest BCUT2D eigenvalue weighted by molar-refractivity contribution is 0.302. The molecule has 124 valence electrons. The van der Waals surface area contributed by atoms with Crippen molar-refractivity contribution < 1.29 is 12.8 Å². The predicted octanol–water partition coefficient (Wildman–Crippen LogP) is 2.58. The molecule has 1 aliphatic carbocycles. The van der Waals surface area contributed by atoms with Gasteiger partial charge in [-0.15, -0.1) is 0 Å². The highest BCUT2D eigenvalue weighted by molar-refractivity contribution is 7.89. The number of sulfonamides is 1. The Kier molecular flexibility index (Phi) is 4.50. The summed E-state index contributed by atoms with van der Waals surface area (Å²) in [7, 11) is -3.70. The van der Waals surface area contributed by atoms with E-state index in [1.165, 1.54) is 24.6 Å². The summed E-state index contributed by atoms with van der Waals surface area (Å²) < 4.78 is 42.2. The van der Waals surface area contributed by atoms with Crippen LogP contribution in [0.15, 0.2) is 35.4 Å². The Balaban J connectivity index is 1.65. The summed E-state index contributed by atoms with van der Waals surface area (Å²) in [4.78, 5) is 4.33. The van der Waals surface area contributed by atoms with Crippen molar-refractivity contribution in [3.8, 4) is 0 Å². The minimum absolute atomic E-state index is 0.0592. The van der Waals surface area contributed by atoms with E-state index in [9.17, 15) is 12.8 Å². The molecule has 5 nitrogen and oxygen atoms in total. The third-order valence-electron chi connectivity index (χ3n) is 4.25. The van der Waals surface area contributed by atoms with E-state index in [-0.39, 0.29) is 11.4 Å². The number of aromatic nitrogens is 2. The van der Waals surface area contributed by atoms with E-state index < -0.39 is 15.8 Å². The Labute approximate surface area is 135 Å². The number of imidazole rings is 1. The fourth-order valence-electron chi connectivity index (χ4n) is 2.84. The lowest BCUT2D eigenvalue weighted by atomic mass is 9.92. The molecule has 1 heterocycles. The maximum atomic E-state index is 13.2. The second-order valence-electron chi connectivity index (χ2n) is 5.88. The molecule has 0 saturated heterocycles. The van der Waals surface area contributed by atoms with Gasteiger partial charge in [-0.05, 0) is 44.4 Å². The first-order valence-electron chi connectivity index (χ1n) is 7.75. The van der Waals surface area contributed by atoms with E-state index in [2.05, 4.69) is 14.3 Å². The quantitative estimate of drug-likeness (QED) is 0.881. The van der Waals surface area contributed by atoms with E-state index in [4.69, 9.17) is 0 Å². The largest absolute Gasteiger partial charge is 0.329 e. The van der Waals surface area contributed by atoms with Crippen LogP contribution in [0.2, 0.25) is 0 Å². The third kappa shape index (κ3) is 3.45. The monoisotopic (exact) mass is 337 g/mol. The van der Waals surface area contributed by atoms with Crippen molar-refractivity contribution in [1.82, 2.24) is 14.3 Å². The average Bonchev–Trinajstić information content (AvgIpc) is 2.79. The van der Waals surface area contributed by atoms with Gasteiger partial charge in [0.15, 0.2) is 0 Å². The van der Waals surface area contributed by atoms with Crippen LogP contribution >= 0.6 is 0 Å². The van der Waals surface area contributed by atoms with Gasteiger partial charge >= 0.3 is 0 Å². The van der Waals surface area contributed by atoms with Gasteiger partial charge in [0.05, 0.1) is 4.90 Å². The van der Waals surface area contributed by atoms with Crippen molar-refractivity contribution in [2.24, 2.45) is 0 Å². The molecule has 1 aliphatic rings. The van der Waals surface area contributed by atoms with Crippen LogP contribution in [0, 0.1) is 12.7 Å². The molecule has 0 bridgehead atoms. The van der Waals surface area contributed by atoms with Crippen molar-refractivity contribution in [2.75, 3.05) is 6.54 Å². The minimum atomic E-state index is -3.70. The van der Waals surface area contributed by atoms with E-state index in [0.29, 0.717) is 12.5 Å². The van der Waals surface area contributed by atoms with Gasteiger partial charge in [0.2, 0.25) is 10.0 Å². The Hall–Kier alpha value is -1.73. The Bertz CT molecular complexity index is 797. The van der Waals surface area contributed by atoms with Crippen LogP contribution in [-0.4, -0.2) is 24.5 Å². The average molecular weight is 337 g/mol. The highest BCUT2D eigenvalue weighted by Gasteiger charge is 2.23. The molecular formula is C16H20FN3O2S. The first kappa shape index (κ1) is 16.1. The molecule has 3 rings (SSSR count). The standard InChI is InChI=1S/C16H20FN3O2S/c1-12-11-18-16(20(12)14-5-3-6-14)8-9-19-23(21,22)15-7-2-4-13(17)10-15/h2,4,7,10-11,14,19H,3,5-6,8-9H2,1H3. The third-order valence-corrected chi connectivity index (χ3v) is 5.70. The van der Waals surface area contributed by atoms with E-state index in [0.717, 1.165) is 30.4 Å². The highest BCUT2D eigenvalue weighted by Crippen LogP contribution is 2.33. The van der Waals surface area contributed by atoms with Crippen molar-refractivity contribution in [3.05, 3.63) is 47.8 Å². The lowest BCUT2D eigenvalue weighted by Gasteiger charge is -2.29. The number of halogens is 1. The number of hydrogen-bond acceptors (Lipinski definition) is 3. The normalized spacial score (nSPS) is 15.6. The van der Waals surface area contributed by atoms with Crippen molar-refractivity contribution in [3.63, 3.8) is 0 Å². The number of benzene rings is 1. The number of hydrogen-bond donors (Lipinski definition) is 1. The van der Waals surface area contributed by atoms with Crippen LogP contribution in [0.25, 0.3) is 0 Å². The highest BCUT2D eigenvalue weighted by atomic mass is 32.2. The zero-order valence-corrected chi connectivity index (χ0v) is 13.8. The minimum Gasteiger partial charge on any atom is -0.329 e. The number of rotatable bonds is 6. The summed E-state index contributed by atoms with van der Waals surface area (Å²) in [6.45, 7) is 2.26. The van der Waals surface area contributed by atoms with E-state index in [1.807, 2.05) is 13.1 Å². The molecule has 0 unspecified atom stereocenters. The van der Waals surface area contributed by atoms with Gasteiger partial charge in [-0.1, -0.05) is 6.07 Å². The second-order valence-corrected chi connectivity index (χ2v) is 7.64. The van der Waals surface area contributed by atoms with Crippen LogP contribution in [0.5, 0.6) is 0 Å². The molecule has 1 aromatic carbocycles. The molecule has 1 N–H and O–H groups in total. The molecule has 7 heteroatoms. The smallest absolute Gasteiger partial charge is 0.240 e. The van der Waals surface area contributed by atoms with Crippen molar-refractivity contribution >= 4 is 10.0 Å². The molecule has 0 atom stereocenters. The van der Waals surface area contributed by atoms with Gasteiger partial charge in [-0.25, -0.2) is 22.5 Å². The summed E-state index contributed by atoms with van der Waals surface area (Å²) in [5.74, 6) is 0.332. The number of nitrogens with one attached hydrogen (secondary N) is 1. The van der Waals surface area contributed by atoms with Crippen LogP contribution in [0.3, 0.4) is 0 Å². The summed E-state index contributed by atoms with van der Waals surface area (Å²) >= 11 is 0. The van der Waals surface area contributed by atoms with Gasteiger partial charge in [-0.3, -0.25) is 0 Å². The van der Waals surface area contributed by atoms with Crippen LogP contribution in [-0.2, 0) is 16.4 Å². The van der Waals surface area contributed by atoms with Gasteiger partial charge in [0, 0.05) is 30.9 Å². The molecule has 1 fully saturated rings. The summed E-state index contributed by atoms with van der Waals surface area (Å²) in [5, 5.41) is 0. The molecule has 0 aliphatic heterocycles. The van der Waals surface area contributed by atoms with E-state index in [1.54, 1.807) is 0 Å². The topological polar surface area (TPSA) is 64.0 Å². The molecule has 23 heavy (non-hydrogen) atoms. The molecule has 0 radical (unpaired) electrons. The lowest BCUT2D eigenvalue weighted by Crippen LogP contribution is -2.28. The zero-order chi connectivity index (χ0) is 16.4. The van der Waals surface area contributed by atoms with Crippen LogP contribution in [0.4, 0.5) is 4.39 Å². The molecular weight excluding hydrogens is 317 g/mol. The van der Waals surface area contributed by atoms with Crippen LogP contribution < -0.4 is 4.72 Å². The number of aryl methyl sites for hydroxylation is 1. The first-order valence-corrected chi connectivity index (χ1v) is 9.23. The van der Waals surface area contributed by atoms with Gasteiger partial charge in [0.1, 0.15) is 11.6 Å². The SMILES string of the molecule is Cc1cnc(CCNS(=O)(=O)c2cccc(F)c2)n1C1CCC1. The van der Waals surface area contributed by atoms with E-state index >= 15 is 0 Å². The van der Waals surface area contributed by atoms with Gasteiger partial charge < -0.3 is 4.57 Å². The fourth-order valence-corrected chi connectivity index (χ4v) is 3.90. The van der Waals surface area contributed by atoms with Gasteiger partial charge in [-0.2, -0.15) is 0 Å². The van der Waals surface area contributed by atoms with Crippen molar-refractivity contribution in [1.29, 1.82) is 0 Å². The molecule has 1 aromatic heterocycles. The number of nitrogens with zero attached hydrogens (tertiary/aromatic N) is 2. The Morgan fingerprint density at radius 1 is 1.39 bits per heavy atom. The summed E-state index contributed by atoms with van der Waals surface area (Å²) in [6, 6.07) is 5.49. The Morgan fingerprint density at radius 2 is 2.17 bits per heavy atom. The second kappa shape index (κ2) is 6.41. The van der Waals surface area contributed by atoms with Crippen molar-refractivity contribution in [2.45, 2.75) is 43.5 Å². The van der Waals surface area contributed by atoms with Gasteiger partial charge in [0.25, 0.3) is 0 Å². The maximum Gasteiger partial charge on any atom is 0.240 e. The first-order chi connectivity index (χ1) is 11.0. The predicted molar refractivity (Wildman–Crippen MR) is 85.1 cm³/mol. The molecule has 2 aromatic rings. The molecule has 0 spiro atoms. The summed E-state index contributed by atoms with van der Waals surface area (Å²) in [5.41, 5.74) is 1.11. The summed E-state index contributed by atoms with van der Waals surface area (Å²) in [6.07, 6.45) is 5.87. The molecule has 1 saturated carbocycles. The fraction of sp³-hybridized carbons (Fsp3) is 0.438. The Morgan fingerprint density at radius 3 is 2.83 bits per heavy atom. The maximum absolute atomic E-state index is 13.2. The molecule has 0 amide bonds. The van der Waals surface area contributed by atoms with Crippen LogP contribution in [0.1, 0.15) is 36.8 Å². The zero-order valence-electron chi connectivity index (χ0n) is 13.0.